The van der Waals surface area contributed by atoms with E-state index in [0.29, 0.717) is 12.1 Å². The second-order valence-electron chi connectivity index (χ2n) is 6.43. The van der Waals surface area contributed by atoms with Crippen molar-refractivity contribution in [1.82, 2.24) is 20.0 Å². The van der Waals surface area contributed by atoms with Crippen LogP contribution in [-0.4, -0.2) is 39.9 Å². The largest absolute Gasteiger partial charge is 0.310 e. The molecule has 2 atom stereocenters. The van der Waals surface area contributed by atoms with E-state index in [0.717, 1.165) is 25.3 Å². The molecule has 0 spiro atoms. The molecule has 132 valence electrons. The minimum atomic E-state index is -0.232. The Morgan fingerprint density at radius 3 is 2.83 bits per heavy atom. The van der Waals surface area contributed by atoms with Crippen molar-refractivity contribution in [3.63, 3.8) is 0 Å². The van der Waals surface area contributed by atoms with Gasteiger partial charge in [-0.3, -0.25) is 4.90 Å². The van der Waals surface area contributed by atoms with Crippen LogP contribution in [0, 0.1) is 5.82 Å². The highest BCUT2D eigenvalue weighted by Gasteiger charge is 2.29. The minimum absolute atomic E-state index is 0. The number of fused-ring (bicyclic) bond motifs is 2. The Kier molecular flexibility index (Phi) is 6.63. The second kappa shape index (κ2) is 8.30. The summed E-state index contributed by atoms with van der Waals surface area (Å²) < 4.78 is 15.1. The van der Waals surface area contributed by atoms with E-state index < -0.39 is 0 Å². The van der Waals surface area contributed by atoms with E-state index in [1.54, 1.807) is 10.7 Å². The Bertz CT molecular complexity index is 664. The molecule has 1 aromatic carbocycles. The lowest BCUT2D eigenvalue weighted by Crippen LogP contribution is -2.34. The minimum Gasteiger partial charge on any atom is -0.310 e. The normalized spacial score (nSPS) is 23.2. The fourth-order valence-corrected chi connectivity index (χ4v) is 3.62. The van der Waals surface area contributed by atoms with Crippen LogP contribution in [0.5, 0.6) is 0 Å². The second-order valence-corrected chi connectivity index (χ2v) is 6.43. The third-order valence-electron chi connectivity index (χ3n) is 4.72. The molecule has 2 saturated heterocycles. The number of nitrogens with zero attached hydrogens (tertiary/aromatic N) is 3. The highest BCUT2D eigenvalue weighted by molar-refractivity contribution is 5.85. The Hall–Kier alpha value is -1.14. The fourth-order valence-electron chi connectivity index (χ4n) is 3.62. The molecular weight excluding hydrogens is 350 g/mol. The topological polar surface area (TPSA) is 33.1 Å². The van der Waals surface area contributed by atoms with Gasteiger partial charge in [0.15, 0.2) is 0 Å². The Morgan fingerprint density at radius 1 is 1.17 bits per heavy atom. The molecule has 4 nitrogen and oxygen atoms in total. The van der Waals surface area contributed by atoms with E-state index in [1.807, 2.05) is 18.5 Å². The average molecular weight is 373 g/mol. The number of nitrogens with one attached hydrogen (secondary N) is 1. The Morgan fingerprint density at radius 2 is 2.00 bits per heavy atom. The smallest absolute Gasteiger partial charge is 0.125 e. The van der Waals surface area contributed by atoms with Gasteiger partial charge in [-0.05, 0) is 37.5 Å². The highest BCUT2D eigenvalue weighted by atomic mass is 35.5. The Labute approximate surface area is 154 Å². The molecule has 3 heterocycles. The highest BCUT2D eigenvalue weighted by Crippen LogP contribution is 2.21. The molecule has 0 aliphatic carbocycles. The van der Waals surface area contributed by atoms with E-state index in [2.05, 4.69) is 15.3 Å². The van der Waals surface area contributed by atoms with Gasteiger partial charge >= 0.3 is 0 Å². The van der Waals surface area contributed by atoms with Crippen molar-refractivity contribution in [3.8, 4) is 5.69 Å². The number of likely N-dealkylation sites (tertiary alicyclic amines) is 1. The molecule has 0 amide bonds. The first-order valence-electron chi connectivity index (χ1n) is 8.04. The van der Waals surface area contributed by atoms with Crippen LogP contribution in [0.15, 0.2) is 36.7 Å². The predicted octanol–water partition coefficient (Wildman–Crippen LogP) is 3.18. The van der Waals surface area contributed by atoms with Gasteiger partial charge in [0, 0.05) is 43.5 Å². The zero-order chi connectivity index (χ0) is 14.9. The van der Waals surface area contributed by atoms with Crippen molar-refractivity contribution < 1.29 is 4.39 Å². The summed E-state index contributed by atoms with van der Waals surface area (Å²) in [6, 6.07) is 7.90. The van der Waals surface area contributed by atoms with Gasteiger partial charge in [0.05, 0.1) is 11.9 Å². The summed E-state index contributed by atoms with van der Waals surface area (Å²) >= 11 is 0. The predicted molar refractivity (Wildman–Crippen MR) is 97.9 cm³/mol. The first-order chi connectivity index (χ1) is 10.8. The van der Waals surface area contributed by atoms with Crippen molar-refractivity contribution in [2.75, 3.05) is 13.1 Å². The van der Waals surface area contributed by atoms with Crippen LogP contribution in [0.1, 0.15) is 24.8 Å². The van der Waals surface area contributed by atoms with E-state index in [1.165, 1.54) is 37.0 Å². The quantitative estimate of drug-likeness (QED) is 0.897. The van der Waals surface area contributed by atoms with Crippen LogP contribution >= 0.6 is 24.8 Å². The molecule has 1 aromatic heterocycles. The monoisotopic (exact) mass is 372 g/mol. The molecule has 2 fully saturated rings. The van der Waals surface area contributed by atoms with Crippen molar-refractivity contribution in [3.05, 3.63) is 48.0 Å². The van der Waals surface area contributed by atoms with Crippen molar-refractivity contribution in [2.45, 2.75) is 37.9 Å². The molecule has 1 N–H and O–H groups in total. The zero-order valence-electron chi connectivity index (χ0n) is 13.4. The van der Waals surface area contributed by atoms with Crippen LogP contribution in [0.3, 0.4) is 0 Å². The summed E-state index contributed by atoms with van der Waals surface area (Å²) in [5.41, 5.74) is 1.95. The lowest BCUT2D eigenvalue weighted by molar-refractivity contribution is 0.251. The van der Waals surface area contributed by atoms with Crippen molar-refractivity contribution in [2.24, 2.45) is 0 Å². The number of benzene rings is 1. The summed E-state index contributed by atoms with van der Waals surface area (Å²) in [4.78, 5) is 2.50. The standard InChI is InChI=1S/C17H21FN4.2ClH/c18-14-2-1-3-17(8-14)22-11-13(9-19-22)10-21-7-6-15-4-5-16(12-21)20-15;;/h1-3,8-9,11,15-16,20H,4-7,10,12H2;2*1H/t15-,16+;;/m1../s1. The summed E-state index contributed by atoms with van der Waals surface area (Å²) in [6.07, 6.45) is 7.75. The van der Waals surface area contributed by atoms with Gasteiger partial charge in [0.25, 0.3) is 0 Å². The van der Waals surface area contributed by atoms with Gasteiger partial charge < -0.3 is 5.32 Å². The molecular formula is C17H23Cl2FN4. The maximum atomic E-state index is 13.3. The number of halogens is 3. The molecule has 0 unspecified atom stereocenters. The molecule has 2 aliphatic heterocycles. The summed E-state index contributed by atoms with van der Waals surface area (Å²) in [5, 5.41) is 8.07. The van der Waals surface area contributed by atoms with Gasteiger partial charge in [-0.15, -0.1) is 24.8 Å². The zero-order valence-corrected chi connectivity index (χ0v) is 15.0. The van der Waals surface area contributed by atoms with Crippen LogP contribution in [0.4, 0.5) is 4.39 Å². The molecule has 0 saturated carbocycles. The van der Waals surface area contributed by atoms with E-state index in [-0.39, 0.29) is 30.6 Å². The average Bonchev–Trinajstić information content (AvgIpc) is 3.08. The van der Waals surface area contributed by atoms with Gasteiger partial charge in [-0.2, -0.15) is 5.10 Å². The SMILES string of the molecule is Cl.Cl.Fc1cccc(-n2cc(CN3CC[C@H]4CC[C@@H](C3)N4)cn2)c1. The maximum Gasteiger partial charge on any atom is 0.125 e. The van der Waals surface area contributed by atoms with E-state index in [9.17, 15) is 4.39 Å². The van der Waals surface area contributed by atoms with E-state index >= 15 is 0 Å². The molecule has 2 bridgehead atoms. The van der Waals surface area contributed by atoms with Crippen LogP contribution < -0.4 is 5.32 Å². The lowest BCUT2D eigenvalue weighted by Gasteiger charge is -2.23. The van der Waals surface area contributed by atoms with Crippen molar-refractivity contribution in [1.29, 1.82) is 0 Å². The first-order valence-corrected chi connectivity index (χ1v) is 8.04. The maximum absolute atomic E-state index is 13.3. The molecule has 7 heteroatoms. The molecule has 0 radical (unpaired) electrons. The third kappa shape index (κ3) is 4.28. The molecule has 4 rings (SSSR count). The van der Waals surface area contributed by atoms with Gasteiger partial charge in [-0.1, -0.05) is 6.07 Å². The number of hydrogen-bond acceptors (Lipinski definition) is 3. The third-order valence-corrected chi connectivity index (χ3v) is 4.72. The first kappa shape index (κ1) is 19.2. The Balaban J connectivity index is 0.00000104. The summed E-state index contributed by atoms with van der Waals surface area (Å²) in [5.74, 6) is -0.232. The van der Waals surface area contributed by atoms with Crippen LogP contribution in [-0.2, 0) is 6.54 Å². The molecule has 2 aromatic rings. The number of aromatic nitrogens is 2. The summed E-state index contributed by atoms with van der Waals surface area (Å²) in [7, 11) is 0. The number of rotatable bonds is 3. The molecule has 2 aliphatic rings. The fraction of sp³-hybridized carbons (Fsp3) is 0.471. The van der Waals surface area contributed by atoms with Crippen LogP contribution in [0.25, 0.3) is 5.69 Å². The van der Waals surface area contributed by atoms with Crippen LogP contribution in [0.2, 0.25) is 0 Å². The van der Waals surface area contributed by atoms with Gasteiger partial charge in [-0.25, -0.2) is 9.07 Å². The molecule has 24 heavy (non-hydrogen) atoms. The summed E-state index contributed by atoms with van der Waals surface area (Å²) in [6.45, 7) is 3.17. The lowest BCUT2D eigenvalue weighted by atomic mass is 10.1. The van der Waals surface area contributed by atoms with Crippen molar-refractivity contribution >= 4 is 24.8 Å². The van der Waals surface area contributed by atoms with E-state index in [4.69, 9.17) is 0 Å². The number of hydrogen-bond donors (Lipinski definition) is 1. The van der Waals surface area contributed by atoms with Gasteiger partial charge in [0.1, 0.15) is 5.82 Å². The van der Waals surface area contributed by atoms with Gasteiger partial charge in [0.2, 0.25) is 0 Å².